The molecule has 1 aliphatic rings. The maximum atomic E-state index is 9.53. The average Bonchev–Trinajstić information content (AvgIpc) is 2.38. The molecule has 100 valence electrons. The minimum atomic E-state index is -0.476. The number of benzene rings is 1. The third kappa shape index (κ3) is 2.97. The predicted molar refractivity (Wildman–Crippen MR) is 74.3 cm³/mol. The van der Waals surface area contributed by atoms with Crippen LogP contribution >= 0.6 is 11.6 Å². The van der Waals surface area contributed by atoms with Gasteiger partial charge in [-0.15, -0.1) is 0 Å². The number of ether oxygens (including phenoxy) is 1. The van der Waals surface area contributed by atoms with Gasteiger partial charge >= 0.3 is 0 Å². The molecule has 3 nitrogen and oxygen atoms in total. The summed E-state index contributed by atoms with van der Waals surface area (Å²) in [7, 11) is 1.77. The van der Waals surface area contributed by atoms with E-state index >= 15 is 0 Å². The molecular formula is C14H20ClNO2. The van der Waals surface area contributed by atoms with Gasteiger partial charge in [-0.1, -0.05) is 17.7 Å². The molecule has 0 bridgehead atoms. The minimum Gasteiger partial charge on any atom is -0.389 e. The molecule has 0 radical (unpaired) electrons. The zero-order chi connectivity index (χ0) is 13.1. The van der Waals surface area contributed by atoms with Gasteiger partial charge in [-0.25, -0.2) is 0 Å². The second-order valence-electron chi connectivity index (χ2n) is 4.81. The van der Waals surface area contributed by atoms with Crippen molar-refractivity contribution in [2.75, 3.05) is 25.1 Å². The Kier molecular flexibility index (Phi) is 4.49. The van der Waals surface area contributed by atoms with E-state index in [4.69, 9.17) is 16.3 Å². The summed E-state index contributed by atoms with van der Waals surface area (Å²) in [5.74, 6) is 0. The fraction of sp³-hybridized carbons (Fsp3) is 0.571. The fourth-order valence-electron chi connectivity index (χ4n) is 2.37. The van der Waals surface area contributed by atoms with Crippen molar-refractivity contribution in [3.05, 3.63) is 28.8 Å². The summed E-state index contributed by atoms with van der Waals surface area (Å²) < 4.78 is 5.36. The Hall–Kier alpha value is -0.770. The molecule has 1 heterocycles. The zero-order valence-corrected chi connectivity index (χ0v) is 11.7. The number of methoxy groups -OCH3 is 1. The van der Waals surface area contributed by atoms with Crippen LogP contribution in [0.25, 0.3) is 0 Å². The second-order valence-corrected chi connectivity index (χ2v) is 5.22. The topological polar surface area (TPSA) is 32.7 Å². The van der Waals surface area contributed by atoms with E-state index in [-0.39, 0.29) is 0 Å². The van der Waals surface area contributed by atoms with Crippen LogP contribution in [0.15, 0.2) is 18.2 Å². The first-order chi connectivity index (χ1) is 8.61. The van der Waals surface area contributed by atoms with E-state index in [0.717, 1.165) is 37.2 Å². The standard InChI is InChI=1S/C14H20ClNO2/c1-10(17)11-3-4-14(13(15)9-11)16-7-5-12(18-2)6-8-16/h3-4,9-10,12,17H,5-8H2,1-2H3/t10-/m1/s1. The second kappa shape index (κ2) is 5.91. The van der Waals surface area contributed by atoms with Crippen molar-refractivity contribution in [3.63, 3.8) is 0 Å². The summed E-state index contributed by atoms with van der Waals surface area (Å²) in [4.78, 5) is 2.28. The first kappa shape index (κ1) is 13.7. The smallest absolute Gasteiger partial charge is 0.0762 e. The van der Waals surface area contributed by atoms with Crippen molar-refractivity contribution in [1.29, 1.82) is 0 Å². The van der Waals surface area contributed by atoms with E-state index in [1.807, 2.05) is 18.2 Å². The summed E-state index contributed by atoms with van der Waals surface area (Å²) in [6, 6.07) is 5.79. The minimum absolute atomic E-state index is 0.372. The first-order valence-corrected chi connectivity index (χ1v) is 6.75. The van der Waals surface area contributed by atoms with E-state index in [2.05, 4.69) is 4.90 Å². The molecule has 4 heteroatoms. The number of anilines is 1. The Morgan fingerprint density at radius 2 is 2.06 bits per heavy atom. The van der Waals surface area contributed by atoms with Crippen LogP contribution in [-0.2, 0) is 4.74 Å². The van der Waals surface area contributed by atoms with Crippen molar-refractivity contribution in [1.82, 2.24) is 0 Å². The average molecular weight is 270 g/mol. The Labute approximate surface area is 113 Å². The van der Waals surface area contributed by atoms with Gasteiger partial charge in [-0.05, 0) is 37.5 Å². The van der Waals surface area contributed by atoms with Gasteiger partial charge in [0.1, 0.15) is 0 Å². The lowest BCUT2D eigenvalue weighted by Gasteiger charge is -2.33. The van der Waals surface area contributed by atoms with Crippen LogP contribution in [0.1, 0.15) is 31.4 Å². The number of halogens is 1. The number of aliphatic hydroxyl groups is 1. The van der Waals surface area contributed by atoms with Crippen molar-refractivity contribution in [2.24, 2.45) is 0 Å². The van der Waals surface area contributed by atoms with Crippen molar-refractivity contribution in [2.45, 2.75) is 32.0 Å². The molecule has 0 spiro atoms. The van der Waals surface area contributed by atoms with Gasteiger partial charge < -0.3 is 14.7 Å². The lowest BCUT2D eigenvalue weighted by atomic mass is 10.1. The van der Waals surface area contributed by atoms with Gasteiger partial charge in [0, 0.05) is 20.2 Å². The maximum Gasteiger partial charge on any atom is 0.0762 e. The van der Waals surface area contributed by atoms with Crippen LogP contribution in [0.4, 0.5) is 5.69 Å². The largest absolute Gasteiger partial charge is 0.389 e. The van der Waals surface area contributed by atoms with Gasteiger partial charge in [0.2, 0.25) is 0 Å². The summed E-state index contributed by atoms with van der Waals surface area (Å²) in [6.07, 6.45) is 1.96. The van der Waals surface area contributed by atoms with Crippen LogP contribution in [-0.4, -0.2) is 31.4 Å². The Bertz CT molecular complexity index is 401. The highest BCUT2D eigenvalue weighted by Crippen LogP contribution is 2.31. The molecule has 2 rings (SSSR count). The Morgan fingerprint density at radius 3 is 2.56 bits per heavy atom. The third-order valence-corrected chi connectivity index (χ3v) is 3.87. The molecule has 1 atom stereocenters. The molecule has 1 aliphatic heterocycles. The van der Waals surface area contributed by atoms with Crippen molar-refractivity contribution >= 4 is 17.3 Å². The molecule has 1 fully saturated rings. The quantitative estimate of drug-likeness (QED) is 0.916. The van der Waals surface area contributed by atoms with Crippen LogP contribution in [0.3, 0.4) is 0 Å². The summed E-state index contributed by atoms with van der Waals surface area (Å²) in [5, 5.41) is 10.2. The van der Waals surface area contributed by atoms with Crippen LogP contribution in [0, 0.1) is 0 Å². The van der Waals surface area contributed by atoms with E-state index < -0.39 is 6.10 Å². The number of nitrogens with zero attached hydrogens (tertiary/aromatic N) is 1. The molecule has 1 aromatic rings. The van der Waals surface area contributed by atoms with Crippen molar-refractivity contribution < 1.29 is 9.84 Å². The number of hydrogen-bond donors (Lipinski definition) is 1. The first-order valence-electron chi connectivity index (χ1n) is 6.37. The van der Waals surface area contributed by atoms with E-state index in [9.17, 15) is 5.11 Å². The predicted octanol–water partition coefficient (Wildman–Crippen LogP) is 3.01. The SMILES string of the molecule is COC1CCN(c2ccc([C@@H](C)O)cc2Cl)CC1. The normalized spacial score (nSPS) is 19.0. The lowest BCUT2D eigenvalue weighted by molar-refractivity contribution is 0.0819. The van der Waals surface area contributed by atoms with E-state index in [0.29, 0.717) is 11.1 Å². The molecule has 0 saturated carbocycles. The highest BCUT2D eigenvalue weighted by Gasteiger charge is 2.20. The highest BCUT2D eigenvalue weighted by atomic mass is 35.5. The lowest BCUT2D eigenvalue weighted by Crippen LogP contribution is -2.36. The number of piperidine rings is 1. The molecule has 0 amide bonds. The molecule has 0 aliphatic carbocycles. The molecule has 1 aromatic carbocycles. The Morgan fingerprint density at radius 1 is 1.39 bits per heavy atom. The molecule has 1 N–H and O–H groups in total. The Balaban J connectivity index is 2.10. The molecular weight excluding hydrogens is 250 g/mol. The van der Waals surface area contributed by atoms with E-state index in [1.54, 1.807) is 14.0 Å². The third-order valence-electron chi connectivity index (χ3n) is 3.57. The summed E-state index contributed by atoms with van der Waals surface area (Å²) in [6.45, 7) is 3.67. The number of hydrogen-bond acceptors (Lipinski definition) is 3. The van der Waals surface area contributed by atoms with Gasteiger partial charge in [-0.3, -0.25) is 0 Å². The van der Waals surface area contributed by atoms with Crippen LogP contribution < -0.4 is 4.90 Å². The van der Waals surface area contributed by atoms with Gasteiger partial charge in [0.25, 0.3) is 0 Å². The van der Waals surface area contributed by atoms with Crippen LogP contribution in [0.2, 0.25) is 5.02 Å². The monoisotopic (exact) mass is 269 g/mol. The maximum absolute atomic E-state index is 9.53. The zero-order valence-electron chi connectivity index (χ0n) is 10.9. The fourth-order valence-corrected chi connectivity index (χ4v) is 2.68. The van der Waals surface area contributed by atoms with E-state index in [1.165, 1.54) is 0 Å². The van der Waals surface area contributed by atoms with Gasteiger partial charge in [0.15, 0.2) is 0 Å². The molecule has 0 unspecified atom stereocenters. The van der Waals surface area contributed by atoms with Gasteiger partial charge in [-0.2, -0.15) is 0 Å². The van der Waals surface area contributed by atoms with Gasteiger partial charge in [0.05, 0.1) is 22.9 Å². The summed E-state index contributed by atoms with van der Waals surface area (Å²) >= 11 is 6.29. The summed E-state index contributed by atoms with van der Waals surface area (Å²) in [5.41, 5.74) is 1.91. The number of aliphatic hydroxyl groups excluding tert-OH is 1. The number of rotatable bonds is 3. The molecule has 1 saturated heterocycles. The van der Waals surface area contributed by atoms with Crippen molar-refractivity contribution in [3.8, 4) is 0 Å². The highest BCUT2D eigenvalue weighted by molar-refractivity contribution is 6.33. The van der Waals surface area contributed by atoms with Crippen LogP contribution in [0.5, 0.6) is 0 Å². The molecule has 0 aromatic heterocycles. The molecule has 18 heavy (non-hydrogen) atoms.